The topological polar surface area (TPSA) is 89.3 Å². The molecule has 0 aliphatic heterocycles. The SMILES string of the molecule is COCCNc1nc(N)c(C(=O)NCC2(C)CCCC2)s1. The maximum absolute atomic E-state index is 12.2. The fourth-order valence-electron chi connectivity index (χ4n) is 2.61. The van der Waals surface area contributed by atoms with Crippen LogP contribution >= 0.6 is 11.3 Å². The number of hydrogen-bond acceptors (Lipinski definition) is 6. The number of amides is 1. The van der Waals surface area contributed by atoms with Crippen LogP contribution in [0.15, 0.2) is 0 Å². The van der Waals surface area contributed by atoms with Gasteiger partial charge in [0.2, 0.25) is 0 Å². The Bertz CT molecular complexity index is 483. The van der Waals surface area contributed by atoms with E-state index in [2.05, 4.69) is 22.5 Å². The second-order valence-electron chi connectivity index (χ2n) is 5.85. The van der Waals surface area contributed by atoms with Gasteiger partial charge in [-0.3, -0.25) is 4.79 Å². The molecule has 1 heterocycles. The maximum atomic E-state index is 12.2. The third-order valence-electron chi connectivity index (χ3n) is 3.93. The molecule has 118 valence electrons. The lowest BCUT2D eigenvalue weighted by Crippen LogP contribution is -2.34. The zero-order valence-electron chi connectivity index (χ0n) is 12.7. The van der Waals surface area contributed by atoms with E-state index in [0.717, 1.165) is 0 Å². The molecule has 21 heavy (non-hydrogen) atoms. The lowest BCUT2D eigenvalue weighted by Gasteiger charge is -2.23. The Hall–Kier alpha value is -1.34. The van der Waals surface area contributed by atoms with Gasteiger partial charge in [0.1, 0.15) is 10.7 Å². The fourth-order valence-corrected chi connectivity index (χ4v) is 3.44. The number of carbonyl (C=O) groups is 1. The quantitative estimate of drug-likeness (QED) is 0.671. The van der Waals surface area contributed by atoms with Crippen molar-refractivity contribution in [3.63, 3.8) is 0 Å². The average Bonchev–Trinajstić information content (AvgIpc) is 3.04. The Balaban J connectivity index is 1.89. The first kappa shape index (κ1) is 16.0. The van der Waals surface area contributed by atoms with Gasteiger partial charge in [-0.2, -0.15) is 0 Å². The summed E-state index contributed by atoms with van der Waals surface area (Å²) in [5, 5.41) is 6.75. The van der Waals surface area contributed by atoms with Crippen molar-refractivity contribution in [3.05, 3.63) is 4.88 Å². The first-order valence-corrected chi connectivity index (χ1v) is 8.13. The Morgan fingerprint density at radius 1 is 1.48 bits per heavy atom. The number of nitrogen functional groups attached to an aromatic ring is 1. The molecular formula is C14H24N4O2S. The molecule has 0 bridgehead atoms. The lowest BCUT2D eigenvalue weighted by atomic mass is 9.89. The van der Waals surface area contributed by atoms with Crippen LogP contribution in [0.1, 0.15) is 42.3 Å². The number of nitrogens with one attached hydrogen (secondary N) is 2. The van der Waals surface area contributed by atoms with Crippen LogP contribution in [-0.2, 0) is 4.74 Å². The molecule has 1 aliphatic rings. The summed E-state index contributed by atoms with van der Waals surface area (Å²) in [6, 6.07) is 0. The molecular weight excluding hydrogens is 288 g/mol. The van der Waals surface area contributed by atoms with Gasteiger partial charge in [0.15, 0.2) is 5.13 Å². The lowest BCUT2D eigenvalue weighted by molar-refractivity contribution is 0.0939. The van der Waals surface area contributed by atoms with Crippen LogP contribution in [0, 0.1) is 5.41 Å². The van der Waals surface area contributed by atoms with E-state index in [1.54, 1.807) is 7.11 Å². The minimum Gasteiger partial charge on any atom is -0.383 e. The van der Waals surface area contributed by atoms with E-state index < -0.39 is 0 Å². The second-order valence-corrected chi connectivity index (χ2v) is 6.85. The summed E-state index contributed by atoms with van der Waals surface area (Å²) in [6.07, 6.45) is 4.86. The molecule has 0 unspecified atom stereocenters. The maximum Gasteiger partial charge on any atom is 0.265 e. The molecule has 6 nitrogen and oxygen atoms in total. The van der Waals surface area contributed by atoms with Crippen LogP contribution in [0.25, 0.3) is 0 Å². The van der Waals surface area contributed by atoms with Crippen molar-refractivity contribution in [2.75, 3.05) is 37.9 Å². The Morgan fingerprint density at radius 2 is 2.19 bits per heavy atom. The number of aromatic nitrogens is 1. The van der Waals surface area contributed by atoms with Gasteiger partial charge in [0, 0.05) is 20.2 Å². The predicted molar refractivity (Wildman–Crippen MR) is 85.8 cm³/mol. The standard InChI is InChI=1S/C14H24N4O2S/c1-14(5-3-4-6-14)9-17-12(19)10-11(15)18-13(21-10)16-7-8-20-2/h3-9,15H2,1-2H3,(H,16,18)(H,17,19). The third-order valence-corrected chi connectivity index (χ3v) is 4.96. The number of ether oxygens (including phenoxy) is 1. The van der Waals surface area contributed by atoms with Crippen molar-refractivity contribution in [3.8, 4) is 0 Å². The van der Waals surface area contributed by atoms with Crippen molar-refractivity contribution in [2.24, 2.45) is 5.41 Å². The summed E-state index contributed by atoms with van der Waals surface area (Å²) in [4.78, 5) is 16.9. The summed E-state index contributed by atoms with van der Waals surface area (Å²) >= 11 is 1.28. The normalized spacial score (nSPS) is 16.9. The van der Waals surface area contributed by atoms with E-state index in [0.29, 0.717) is 29.7 Å². The van der Waals surface area contributed by atoms with E-state index in [1.807, 2.05) is 0 Å². The van der Waals surface area contributed by atoms with Gasteiger partial charge in [-0.1, -0.05) is 31.1 Å². The number of rotatable bonds is 7. The molecule has 0 aromatic carbocycles. The van der Waals surface area contributed by atoms with Gasteiger partial charge in [0.25, 0.3) is 5.91 Å². The first-order valence-electron chi connectivity index (χ1n) is 7.31. The number of hydrogen-bond donors (Lipinski definition) is 3. The van der Waals surface area contributed by atoms with E-state index in [1.165, 1.54) is 37.0 Å². The van der Waals surface area contributed by atoms with Crippen LogP contribution < -0.4 is 16.4 Å². The molecule has 1 aliphatic carbocycles. The molecule has 4 N–H and O–H groups in total. The van der Waals surface area contributed by atoms with Crippen LogP contribution in [0.3, 0.4) is 0 Å². The molecule has 0 radical (unpaired) electrons. The van der Waals surface area contributed by atoms with Crippen LogP contribution in [0.4, 0.5) is 10.9 Å². The molecule has 1 aromatic rings. The first-order chi connectivity index (χ1) is 10.0. The molecule has 1 amide bonds. The van der Waals surface area contributed by atoms with Gasteiger partial charge < -0.3 is 21.1 Å². The number of thiazole rings is 1. The summed E-state index contributed by atoms with van der Waals surface area (Å²) in [6.45, 7) is 4.16. The molecule has 0 saturated heterocycles. The third kappa shape index (κ3) is 4.31. The van der Waals surface area contributed by atoms with Crippen molar-refractivity contribution in [1.29, 1.82) is 0 Å². The Labute approximate surface area is 129 Å². The van der Waals surface area contributed by atoms with E-state index in [4.69, 9.17) is 10.5 Å². The van der Waals surface area contributed by atoms with Crippen molar-refractivity contribution < 1.29 is 9.53 Å². The second kappa shape index (κ2) is 7.09. The molecule has 1 fully saturated rings. The molecule has 1 saturated carbocycles. The minimum atomic E-state index is -0.127. The Kier molecular flexibility index (Phi) is 5.41. The zero-order valence-corrected chi connectivity index (χ0v) is 13.5. The minimum absolute atomic E-state index is 0.127. The molecule has 7 heteroatoms. The Morgan fingerprint density at radius 3 is 2.86 bits per heavy atom. The van der Waals surface area contributed by atoms with Gasteiger partial charge in [-0.15, -0.1) is 0 Å². The number of anilines is 2. The van der Waals surface area contributed by atoms with E-state index in [9.17, 15) is 4.79 Å². The highest BCUT2D eigenvalue weighted by atomic mass is 32.1. The van der Waals surface area contributed by atoms with Gasteiger partial charge >= 0.3 is 0 Å². The molecule has 0 spiro atoms. The van der Waals surface area contributed by atoms with E-state index >= 15 is 0 Å². The van der Waals surface area contributed by atoms with Crippen LogP contribution in [-0.4, -0.2) is 37.7 Å². The molecule has 0 atom stereocenters. The van der Waals surface area contributed by atoms with Gasteiger partial charge in [-0.05, 0) is 18.3 Å². The summed E-state index contributed by atoms with van der Waals surface area (Å²) in [7, 11) is 1.64. The van der Waals surface area contributed by atoms with E-state index in [-0.39, 0.29) is 17.1 Å². The average molecular weight is 312 g/mol. The monoisotopic (exact) mass is 312 g/mol. The summed E-state index contributed by atoms with van der Waals surface area (Å²) in [5.74, 6) is 0.159. The highest BCUT2D eigenvalue weighted by molar-refractivity contribution is 7.18. The molecule has 1 aromatic heterocycles. The highest BCUT2D eigenvalue weighted by Gasteiger charge is 2.29. The molecule has 2 rings (SSSR count). The number of nitrogens with two attached hydrogens (primary N) is 1. The fraction of sp³-hybridized carbons (Fsp3) is 0.714. The van der Waals surface area contributed by atoms with Crippen LogP contribution in [0.2, 0.25) is 0 Å². The number of methoxy groups -OCH3 is 1. The number of carbonyl (C=O) groups excluding carboxylic acids is 1. The van der Waals surface area contributed by atoms with Crippen molar-refractivity contribution in [2.45, 2.75) is 32.6 Å². The predicted octanol–water partition coefficient (Wildman–Crippen LogP) is 2.09. The van der Waals surface area contributed by atoms with Crippen molar-refractivity contribution >= 4 is 28.2 Å². The van der Waals surface area contributed by atoms with Crippen molar-refractivity contribution in [1.82, 2.24) is 10.3 Å². The zero-order chi connectivity index (χ0) is 15.3. The largest absolute Gasteiger partial charge is 0.383 e. The summed E-state index contributed by atoms with van der Waals surface area (Å²) < 4.78 is 4.96. The summed E-state index contributed by atoms with van der Waals surface area (Å²) in [5.41, 5.74) is 6.06. The smallest absolute Gasteiger partial charge is 0.265 e. The highest BCUT2D eigenvalue weighted by Crippen LogP contribution is 2.36. The number of nitrogens with zero attached hydrogens (tertiary/aromatic N) is 1. The van der Waals surface area contributed by atoms with Crippen LogP contribution in [0.5, 0.6) is 0 Å². The van der Waals surface area contributed by atoms with Gasteiger partial charge in [0.05, 0.1) is 6.61 Å². The van der Waals surface area contributed by atoms with Gasteiger partial charge in [-0.25, -0.2) is 4.98 Å².